The molecule has 80 valence electrons. The highest BCUT2D eigenvalue weighted by atomic mass is 19.1. The monoisotopic (exact) mass is 209 g/mol. The van der Waals surface area contributed by atoms with Gasteiger partial charge in [0.25, 0.3) is 0 Å². The fourth-order valence-electron chi connectivity index (χ4n) is 1.64. The van der Waals surface area contributed by atoms with E-state index in [9.17, 15) is 9.18 Å². The number of hydrogen-bond acceptors (Lipinski definition) is 3. The third-order valence-corrected chi connectivity index (χ3v) is 2.27. The fraction of sp³-hybridized carbons (Fsp3) is 0.300. The van der Waals surface area contributed by atoms with Crippen LogP contribution in [0.4, 0.5) is 15.8 Å². The van der Waals surface area contributed by atoms with Gasteiger partial charge in [-0.1, -0.05) is 0 Å². The average Bonchev–Trinajstić information content (AvgIpc) is 2.49. The predicted octanol–water partition coefficient (Wildman–Crippen LogP) is 0.708. The van der Waals surface area contributed by atoms with E-state index in [4.69, 9.17) is 5.73 Å². The molecular formula is C10H12FN3O. The van der Waals surface area contributed by atoms with Crippen LogP contribution >= 0.6 is 0 Å². The maximum atomic E-state index is 13.0. The van der Waals surface area contributed by atoms with Gasteiger partial charge in [-0.25, -0.2) is 4.39 Å². The number of anilines is 2. The Bertz CT molecular complexity index is 374. The van der Waals surface area contributed by atoms with Gasteiger partial charge in [-0.05, 0) is 18.2 Å². The summed E-state index contributed by atoms with van der Waals surface area (Å²) in [5.74, 6) is -0.369. The van der Waals surface area contributed by atoms with E-state index in [0.29, 0.717) is 24.3 Å². The van der Waals surface area contributed by atoms with Crippen LogP contribution in [0.2, 0.25) is 0 Å². The van der Waals surface area contributed by atoms with Crippen molar-refractivity contribution in [3.05, 3.63) is 24.0 Å². The maximum absolute atomic E-state index is 13.0. The molecule has 1 atom stereocenters. The van der Waals surface area contributed by atoms with Crippen molar-refractivity contribution >= 4 is 17.3 Å². The minimum absolute atomic E-state index is 0.0110. The van der Waals surface area contributed by atoms with Crippen LogP contribution in [0.3, 0.4) is 0 Å². The van der Waals surface area contributed by atoms with Gasteiger partial charge in [0.15, 0.2) is 0 Å². The lowest BCUT2D eigenvalue weighted by atomic mass is 10.2. The van der Waals surface area contributed by atoms with E-state index in [1.807, 2.05) is 0 Å². The Morgan fingerprint density at radius 1 is 1.47 bits per heavy atom. The van der Waals surface area contributed by atoms with Gasteiger partial charge in [-0.2, -0.15) is 0 Å². The summed E-state index contributed by atoms with van der Waals surface area (Å²) in [6.45, 7) is 0.565. The molecule has 1 fully saturated rings. The molecule has 0 aromatic heterocycles. The van der Waals surface area contributed by atoms with Crippen LogP contribution in [0.1, 0.15) is 6.42 Å². The summed E-state index contributed by atoms with van der Waals surface area (Å²) < 4.78 is 13.0. The van der Waals surface area contributed by atoms with Crippen molar-refractivity contribution in [2.45, 2.75) is 12.5 Å². The van der Waals surface area contributed by atoms with E-state index in [0.717, 1.165) is 0 Å². The highest BCUT2D eigenvalue weighted by Gasteiger charge is 2.20. The van der Waals surface area contributed by atoms with Crippen molar-refractivity contribution in [2.24, 2.45) is 0 Å². The number of nitrogens with two attached hydrogens (primary N) is 1. The number of carbonyl (C=O) groups is 1. The summed E-state index contributed by atoms with van der Waals surface area (Å²) in [4.78, 5) is 10.9. The molecule has 0 spiro atoms. The third-order valence-electron chi connectivity index (χ3n) is 2.27. The van der Waals surface area contributed by atoms with Gasteiger partial charge in [0.05, 0.1) is 6.04 Å². The second-order valence-electron chi connectivity index (χ2n) is 3.62. The average molecular weight is 209 g/mol. The topological polar surface area (TPSA) is 67.2 Å². The number of rotatable bonds is 2. The molecule has 1 amide bonds. The summed E-state index contributed by atoms with van der Waals surface area (Å²) in [5.41, 5.74) is 6.47. The molecule has 0 saturated carbocycles. The summed E-state index contributed by atoms with van der Waals surface area (Å²) in [6, 6.07) is 4.27. The van der Waals surface area contributed by atoms with E-state index >= 15 is 0 Å². The van der Waals surface area contributed by atoms with E-state index in [1.165, 1.54) is 12.1 Å². The summed E-state index contributed by atoms with van der Waals surface area (Å²) in [7, 11) is 0. The van der Waals surface area contributed by atoms with Crippen molar-refractivity contribution < 1.29 is 9.18 Å². The minimum atomic E-state index is -0.380. The van der Waals surface area contributed by atoms with Crippen LogP contribution < -0.4 is 16.4 Å². The molecule has 1 aliphatic rings. The molecule has 5 heteroatoms. The van der Waals surface area contributed by atoms with Crippen molar-refractivity contribution in [3.8, 4) is 0 Å². The first-order valence-corrected chi connectivity index (χ1v) is 4.73. The molecule has 0 bridgehead atoms. The number of nitrogens with one attached hydrogen (secondary N) is 2. The number of halogens is 1. The Labute approximate surface area is 86.7 Å². The molecule has 1 aromatic carbocycles. The van der Waals surface area contributed by atoms with Gasteiger partial charge in [0.2, 0.25) is 5.91 Å². The van der Waals surface area contributed by atoms with Crippen molar-refractivity contribution in [1.29, 1.82) is 0 Å². The molecule has 1 aliphatic heterocycles. The van der Waals surface area contributed by atoms with E-state index in [2.05, 4.69) is 10.6 Å². The molecule has 4 N–H and O–H groups in total. The number of amides is 1. The van der Waals surface area contributed by atoms with Crippen LogP contribution in [0.25, 0.3) is 0 Å². The molecule has 1 saturated heterocycles. The fourth-order valence-corrected chi connectivity index (χ4v) is 1.64. The van der Waals surface area contributed by atoms with E-state index < -0.39 is 0 Å². The predicted molar refractivity (Wildman–Crippen MR) is 55.8 cm³/mol. The maximum Gasteiger partial charge on any atom is 0.222 e. The first kappa shape index (κ1) is 9.76. The quantitative estimate of drug-likeness (QED) is 0.628. The Morgan fingerprint density at radius 2 is 2.27 bits per heavy atom. The van der Waals surface area contributed by atoms with Crippen molar-refractivity contribution in [2.75, 3.05) is 17.6 Å². The highest BCUT2D eigenvalue weighted by molar-refractivity contribution is 5.79. The Hall–Kier alpha value is -1.78. The Balaban J connectivity index is 2.07. The highest BCUT2D eigenvalue weighted by Crippen LogP contribution is 2.17. The van der Waals surface area contributed by atoms with E-state index in [1.54, 1.807) is 6.07 Å². The van der Waals surface area contributed by atoms with Crippen LogP contribution in [0, 0.1) is 5.82 Å². The second-order valence-corrected chi connectivity index (χ2v) is 3.62. The first-order valence-electron chi connectivity index (χ1n) is 4.73. The molecule has 15 heavy (non-hydrogen) atoms. The number of hydrogen-bond donors (Lipinski definition) is 3. The zero-order valence-electron chi connectivity index (χ0n) is 8.09. The van der Waals surface area contributed by atoms with Crippen LogP contribution in [-0.2, 0) is 4.79 Å². The van der Waals surface area contributed by atoms with Crippen LogP contribution in [0.5, 0.6) is 0 Å². The lowest BCUT2D eigenvalue weighted by Gasteiger charge is -2.12. The molecule has 1 unspecified atom stereocenters. The van der Waals surface area contributed by atoms with E-state index in [-0.39, 0.29) is 17.8 Å². The molecule has 2 rings (SSSR count). The number of nitrogen functional groups attached to an aromatic ring is 1. The molecule has 1 heterocycles. The van der Waals surface area contributed by atoms with Gasteiger partial charge >= 0.3 is 0 Å². The SMILES string of the molecule is Nc1cc(F)cc(NC2CNC(=O)C2)c1. The number of benzene rings is 1. The molecule has 0 radical (unpaired) electrons. The molecule has 0 aliphatic carbocycles. The van der Waals surface area contributed by atoms with Gasteiger partial charge < -0.3 is 16.4 Å². The standard InChI is InChI=1S/C10H12FN3O/c11-6-1-7(12)3-8(2-6)14-9-4-10(15)13-5-9/h1-3,9,14H,4-5,12H2,(H,13,15). The second kappa shape index (κ2) is 3.76. The van der Waals surface area contributed by atoms with Gasteiger partial charge in [0.1, 0.15) is 5.82 Å². The zero-order chi connectivity index (χ0) is 10.8. The molecule has 1 aromatic rings. The van der Waals surface area contributed by atoms with Crippen LogP contribution in [-0.4, -0.2) is 18.5 Å². The van der Waals surface area contributed by atoms with Crippen molar-refractivity contribution in [3.63, 3.8) is 0 Å². The lowest BCUT2D eigenvalue weighted by Crippen LogP contribution is -2.22. The minimum Gasteiger partial charge on any atom is -0.399 e. The normalized spacial score (nSPS) is 20.1. The first-order chi connectivity index (χ1) is 7.13. The van der Waals surface area contributed by atoms with Gasteiger partial charge in [-0.3, -0.25) is 4.79 Å². The van der Waals surface area contributed by atoms with Gasteiger partial charge in [0, 0.05) is 24.3 Å². The van der Waals surface area contributed by atoms with Crippen LogP contribution in [0.15, 0.2) is 18.2 Å². The zero-order valence-corrected chi connectivity index (χ0v) is 8.09. The Kier molecular flexibility index (Phi) is 2.45. The lowest BCUT2D eigenvalue weighted by molar-refractivity contribution is -0.119. The molecule has 4 nitrogen and oxygen atoms in total. The largest absolute Gasteiger partial charge is 0.399 e. The summed E-state index contributed by atoms with van der Waals surface area (Å²) >= 11 is 0. The number of carbonyl (C=O) groups excluding carboxylic acids is 1. The Morgan fingerprint density at radius 3 is 2.87 bits per heavy atom. The summed E-state index contributed by atoms with van der Waals surface area (Å²) in [6.07, 6.45) is 0.413. The van der Waals surface area contributed by atoms with Gasteiger partial charge in [-0.15, -0.1) is 0 Å². The third kappa shape index (κ3) is 2.37. The van der Waals surface area contributed by atoms with Crippen molar-refractivity contribution in [1.82, 2.24) is 5.32 Å². The smallest absolute Gasteiger partial charge is 0.222 e. The summed E-state index contributed by atoms with van der Waals surface area (Å²) in [5, 5.41) is 5.74. The molecular weight excluding hydrogens is 197 g/mol.